The number of hydrogen-bond acceptors (Lipinski definition) is 26. The van der Waals surface area contributed by atoms with Gasteiger partial charge >= 0.3 is 59.7 Å². The Kier molecular flexibility index (Phi) is 21.1. The van der Waals surface area contributed by atoms with Gasteiger partial charge in [-0.05, 0) is 6.92 Å². The van der Waals surface area contributed by atoms with Crippen LogP contribution in [-0.4, -0.2) is 178 Å². The monoisotopic (exact) mass is 952 g/mol. The molecule has 0 saturated carbocycles. The summed E-state index contributed by atoms with van der Waals surface area (Å²) in [4.78, 5) is 125. The van der Waals surface area contributed by atoms with Crippen LogP contribution < -0.4 is 0 Å². The third kappa shape index (κ3) is 16.4. The van der Waals surface area contributed by atoms with E-state index < -0.39 is 172 Å². The molecule has 3 aliphatic rings. The molecular formula is C40H56O26. The maximum Gasteiger partial charge on any atom is 0.303 e. The van der Waals surface area contributed by atoms with Crippen molar-refractivity contribution in [3.63, 3.8) is 0 Å². The summed E-state index contributed by atoms with van der Waals surface area (Å²) in [6.07, 6.45) is -25.9. The van der Waals surface area contributed by atoms with Gasteiger partial charge in [-0.25, -0.2) is 0 Å². The highest BCUT2D eigenvalue weighted by atomic mass is 16.8. The summed E-state index contributed by atoms with van der Waals surface area (Å²) in [5, 5.41) is 0. The Morgan fingerprint density at radius 1 is 0.318 bits per heavy atom. The molecule has 0 aliphatic carbocycles. The van der Waals surface area contributed by atoms with Crippen molar-refractivity contribution in [1.29, 1.82) is 0 Å². The van der Waals surface area contributed by atoms with E-state index in [2.05, 4.69) is 0 Å². The van der Waals surface area contributed by atoms with E-state index in [-0.39, 0.29) is 6.61 Å². The second-order valence-electron chi connectivity index (χ2n) is 14.7. The van der Waals surface area contributed by atoms with Gasteiger partial charge in [-0.2, -0.15) is 0 Å². The second-order valence-corrected chi connectivity index (χ2v) is 14.7. The number of esters is 10. The van der Waals surface area contributed by atoms with Crippen LogP contribution in [0.1, 0.15) is 76.2 Å². The smallest absolute Gasteiger partial charge is 0.303 e. The van der Waals surface area contributed by atoms with Gasteiger partial charge in [-0.3, -0.25) is 47.9 Å². The van der Waals surface area contributed by atoms with Gasteiger partial charge in [-0.15, -0.1) is 0 Å². The first-order chi connectivity index (χ1) is 30.9. The number of ether oxygens (including phenoxy) is 16. The average Bonchev–Trinajstić information content (AvgIpc) is 3.17. The van der Waals surface area contributed by atoms with E-state index in [9.17, 15) is 47.9 Å². The molecule has 0 aromatic rings. The van der Waals surface area contributed by atoms with E-state index in [0.717, 1.165) is 69.2 Å². The summed E-state index contributed by atoms with van der Waals surface area (Å²) in [7, 11) is 0. The normalized spacial score (nSPS) is 31.7. The van der Waals surface area contributed by atoms with E-state index in [4.69, 9.17) is 75.8 Å². The summed E-state index contributed by atoms with van der Waals surface area (Å²) in [6, 6.07) is 0. The molecule has 0 aromatic carbocycles. The molecule has 372 valence electrons. The van der Waals surface area contributed by atoms with Crippen LogP contribution in [0, 0.1) is 0 Å². The second kappa shape index (κ2) is 25.4. The van der Waals surface area contributed by atoms with Crippen molar-refractivity contribution in [3.8, 4) is 0 Å². The summed E-state index contributed by atoms with van der Waals surface area (Å²) < 4.78 is 91.5. The zero-order chi connectivity index (χ0) is 49.6. The molecule has 0 bridgehead atoms. The van der Waals surface area contributed by atoms with Crippen LogP contribution in [0.3, 0.4) is 0 Å². The molecule has 0 amide bonds. The van der Waals surface area contributed by atoms with Gasteiger partial charge in [0.1, 0.15) is 50.3 Å². The van der Waals surface area contributed by atoms with Gasteiger partial charge in [0.25, 0.3) is 0 Å². The largest absolute Gasteiger partial charge is 0.463 e. The number of hydrogen-bond donors (Lipinski definition) is 0. The maximum absolute atomic E-state index is 13.0. The summed E-state index contributed by atoms with van der Waals surface area (Å²) in [6.45, 7) is 9.62. The Hall–Kier alpha value is -5.54. The van der Waals surface area contributed by atoms with Crippen molar-refractivity contribution in [2.75, 3.05) is 26.4 Å². The third-order valence-electron chi connectivity index (χ3n) is 9.15. The highest BCUT2D eigenvalue weighted by Crippen LogP contribution is 2.38. The lowest BCUT2D eigenvalue weighted by atomic mass is 9.95. The van der Waals surface area contributed by atoms with Crippen LogP contribution in [0.4, 0.5) is 0 Å². The Morgan fingerprint density at radius 2 is 0.561 bits per heavy atom. The fourth-order valence-electron chi connectivity index (χ4n) is 7.05. The zero-order valence-electron chi connectivity index (χ0n) is 38.1. The summed E-state index contributed by atoms with van der Waals surface area (Å²) in [5.41, 5.74) is 0. The minimum atomic E-state index is -1.98. The fraction of sp³-hybridized carbons (Fsp3) is 0.750. The number of carbonyl (C=O) groups excluding carboxylic acids is 10. The first kappa shape index (κ1) is 54.8. The van der Waals surface area contributed by atoms with Crippen LogP contribution in [0.25, 0.3) is 0 Å². The first-order valence-electron chi connectivity index (χ1n) is 20.4. The van der Waals surface area contributed by atoms with Crippen molar-refractivity contribution >= 4 is 59.7 Å². The molecule has 66 heavy (non-hydrogen) atoms. The molecular weight excluding hydrogens is 896 g/mol. The van der Waals surface area contributed by atoms with E-state index >= 15 is 0 Å². The molecule has 3 fully saturated rings. The Bertz CT molecular complexity index is 1770. The van der Waals surface area contributed by atoms with E-state index in [1.54, 1.807) is 6.92 Å². The molecule has 26 heteroatoms. The highest BCUT2D eigenvalue weighted by Gasteiger charge is 2.60. The SMILES string of the molecule is CCO[C@@H]1O[C@H](COC(C)=O)[C@@H](O[C@@H]2O[C@H](COC(C)=O)[C@H](O[C@H]3O[C@H](COC(C)=O)[C@H](OC(C)=O)[C@H](OC(C)=O)[C@H]3OC(C)=O)[C@H](OC(C)=O)[C@H]2OC(C)=O)[C@H](OC(C)=O)[C@H]1OC(C)=O. The van der Waals surface area contributed by atoms with Gasteiger partial charge in [0.2, 0.25) is 0 Å². The zero-order valence-corrected chi connectivity index (χ0v) is 38.1. The predicted octanol–water partition coefficient (Wildman–Crippen LogP) is -0.821. The molecule has 3 aliphatic heterocycles. The maximum atomic E-state index is 13.0. The molecule has 3 rings (SSSR count). The van der Waals surface area contributed by atoms with Crippen LogP contribution in [0.2, 0.25) is 0 Å². The third-order valence-corrected chi connectivity index (χ3v) is 9.15. The van der Waals surface area contributed by atoms with E-state index in [1.807, 2.05) is 0 Å². The highest BCUT2D eigenvalue weighted by molar-refractivity contribution is 5.70. The lowest BCUT2D eigenvalue weighted by molar-refractivity contribution is -0.380. The van der Waals surface area contributed by atoms with Crippen LogP contribution in [0.5, 0.6) is 0 Å². The lowest BCUT2D eigenvalue weighted by Crippen LogP contribution is -2.69. The van der Waals surface area contributed by atoms with Crippen molar-refractivity contribution in [2.24, 2.45) is 0 Å². The van der Waals surface area contributed by atoms with Crippen LogP contribution in [-0.2, 0) is 124 Å². The van der Waals surface area contributed by atoms with Gasteiger partial charge in [0.15, 0.2) is 61.6 Å². The average molecular weight is 953 g/mol. The van der Waals surface area contributed by atoms with Crippen LogP contribution in [0.15, 0.2) is 0 Å². The van der Waals surface area contributed by atoms with E-state index in [1.165, 1.54) is 0 Å². The summed E-state index contributed by atoms with van der Waals surface area (Å²) in [5.74, 6) is -9.29. The van der Waals surface area contributed by atoms with E-state index in [0.29, 0.717) is 0 Å². The van der Waals surface area contributed by atoms with Gasteiger partial charge in [0, 0.05) is 75.8 Å². The van der Waals surface area contributed by atoms with Gasteiger partial charge < -0.3 is 75.8 Å². The predicted molar refractivity (Wildman–Crippen MR) is 206 cm³/mol. The Morgan fingerprint density at radius 3 is 0.848 bits per heavy atom. The number of carbonyl (C=O) groups is 10. The summed E-state index contributed by atoms with van der Waals surface area (Å²) >= 11 is 0. The molecule has 0 aromatic heterocycles. The molecule has 0 spiro atoms. The van der Waals surface area contributed by atoms with Crippen molar-refractivity contribution in [1.82, 2.24) is 0 Å². The van der Waals surface area contributed by atoms with Crippen LogP contribution >= 0.6 is 0 Å². The Balaban J connectivity index is 2.29. The van der Waals surface area contributed by atoms with Gasteiger partial charge in [0.05, 0.1) is 0 Å². The lowest BCUT2D eigenvalue weighted by Gasteiger charge is -2.50. The number of rotatable bonds is 19. The minimum Gasteiger partial charge on any atom is -0.463 e. The van der Waals surface area contributed by atoms with Crippen molar-refractivity contribution in [3.05, 3.63) is 0 Å². The van der Waals surface area contributed by atoms with Crippen molar-refractivity contribution < 1.29 is 124 Å². The molecule has 3 heterocycles. The molecule has 0 N–H and O–H groups in total. The molecule has 3 saturated heterocycles. The molecule has 26 nitrogen and oxygen atoms in total. The Labute approximate surface area is 377 Å². The standard InChI is InChI=1S/C40H56O26/c1-12-51-38-35(59-23(9)48)33(57-21(7)46)30(27(62-38)14-53-17(3)42)65-40-37(61-25(11)50)34(58-22(8)47)31(28(64-40)15-54-18(4)43)66-39-36(60-24(10)49)32(56-20(6)45)29(55-19(5)44)26(63-39)13-52-16(2)41/h26-40H,12-15H2,1-11H3/t26-,27-,28-,29+,30-,31+,32+,33+,34+,35-,36-,37-,38-,39-,40+/m1/s1. The fourth-order valence-corrected chi connectivity index (χ4v) is 7.05. The topological polar surface area (TPSA) is 318 Å². The quantitative estimate of drug-likeness (QED) is 0.113. The minimum absolute atomic E-state index is 0.0237. The molecule has 0 radical (unpaired) electrons. The molecule has 0 unspecified atom stereocenters. The van der Waals surface area contributed by atoms with Crippen molar-refractivity contribution in [2.45, 2.75) is 168 Å². The van der Waals surface area contributed by atoms with Gasteiger partial charge in [-0.1, -0.05) is 0 Å². The molecule has 15 atom stereocenters. The first-order valence-corrected chi connectivity index (χ1v) is 20.4.